The van der Waals surface area contributed by atoms with Crippen LogP contribution in [0.15, 0.2) is 65.1 Å². The number of ketones is 1. The highest BCUT2D eigenvalue weighted by Crippen LogP contribution is 2.55. The lowest BCUT2D eigenvalue weighted by molar-refractivity contribution is -0.122. The van der Waals surface area contributed by atoms with E-state index in [0.717, 1.165) is 5.56 Å². The molecule has 154 valence electrons. The molecule has 3 aliphatic rings. The number of Topliss-reactive ketones (excluding diaryl/α,β-unsaturated/α-hetero) is 1. The molecule has 3 N–H and O–H groups in total. The number of para-hydroxylation sites is 1. The zero-order valence-electron chi connectivity index (χ0n) is 16.8. The Kier molecular flexibility index (Phi) is 4.21. The van der Waals surface area contributed by atoms with Gasteiger partial charge in [-0.05, 0) is 43.5 Å². The third-order valence-corrected chi connectivity index (χ3v) is 6.75. The van der Waals surface area contributed by atoms with Gasteiger partial charge in [0.15, 0.2) is 5.78 Å². The van der Waals surface area contributed by atoms with Crippen LogP contribution in [0.25, 0.3) is 0 Å². The number of benzene rings is 2. The number of allylic oxidation sites excluding steroid dienone is 1. The number of hydrogen-bond donors (Lipinski definition) is 2. The molecule has 0 saturated heterocycles. The van der Waals surface area contributed by atoms with E-state index < -0.39 is 11.3 Å². The summed E-state index contributed by atoms with van der Waals surface area (Å²) in [6.45, 7) is 1.89. The maximum absolute atomic E-state index is 13.5. The van der Waals surface area contributed by atoms with Crippen molar-refractivity contribution < 1.29 is 9.59 Å². The predicted molar refractivity (Wildman–Crippen MR) is 118 cm³/mol. The highest BCUT2D eigenvalue weighted by molar-refractivity contribution is 6.31. The Bertz CT molecular complexity index is 1290. The van der Waals surface area contributed by atoms with E-state index in [1.807, 2.05) is 19.1 Å². The standard InChI is InChI=1S/C24H19ClN4O2/c1-13-9-10-14(11-17(13)25)29-19-7-4-8-20(30)21(19)24(16(12-26)22(29)27)15-5-2-3-6-18(15)28-23(24)31/h2-3,5-6,9-11H,4,7-8,27H2,1H3,(H,28,31)/t24-/m0/s1. The molecule has 1 amide bonds. The predicted octanol–water partition coefficient (Wildman–Crippen LogP) is 4.06. The normalized spacial score (nSPS) is 22.4. The molecule has 0 saturated carbocycles. The molecule has 7 heteroatoms. The van der Waals surface area contributed by atoms with Crippen LogP contribution in [0, 0.1) is 18.3 Å². The molecule has 31 heavy (non-hydrogen) atoms. The van der Waals surface area contributed by atoms with Crippen LogP contribution in [0.5, 0.6) is 0 Å². The lowest BCUT2D eigenvalue weighted by atomic mass is 9.64. The molecule has 5 rings (SSSR count). The summed E-state index contributed by atoms with van der Waals surface area (Å²) < 4.78 is 0. The Labute approximate surface area is 184 Å². The van der Waals surface area contributed by atoms with Gasteiger partial charge in [0.25, 0.3) is 0 Å². The minimum absolute atomic E-state index is 0.0562. The second-order valence-corrected chi connectivity index (χ2v) is 8.40. The summed E-state index contributed by atoms with van der Waals surface area (Å²) >= 11 is 6.37. The molecule has 6 nitrogen and oxygen atoms in total. The molecule has 2 aromatic carbocycles. The molecule has 0 fully saturated rings. The van der Waals surface area contributed by atoms with Crippen LogP contribution >= 0.6 is 11.6 Å². The van der Waals surface area contributed by atoms with Crippen LogP contribution in [0.1, 0.15) is 30.4 Å². The minimum Gasteiger partial charge on any atom is -0.384 e. The van der Waals surface area contributed by atoms with Crippen LogP contribution in [0.4, 0.5) is 11.4 Å². The van der Waals surface area contributed by atoms with E-state index >= 15 is 0 Å². The first kappa shape index (κ1) is 19.4. The third kappa shape index (κ3) is 2.44. The number of anilines is 2. The highest BCUT2D eigenvalue weighted by atomic mass is 35.5. The number of aryl methyl sites for hydroxylation is 1. The van der Waals surface area contributed by atoms with Crippen molar-refractivity contribution in [3.63, 3.8) is 0 Å². The number of rotatable bonds is 1. The van der Waals surface area contributed by atoms with E-state index in [0.29, 0.717) is 52.5 Å². The maximum atomic E-state index is 13.5. The Morgan fingerprint density at radius 1 is 1.19 bits per heavy atom. The molecule has 0 unspecified atom stereocenters. The van der Waals surface area contributed by atoms with Gasteiger partial charge in [0, 0.05) is 39.7 Å². The monoisotopic (exact) mass is 430 g/mol. The fraction of sp³-hybridized carbons (Fsp3) is 0.208. The van der Waals surface area contributed by atoms with Crippen molar-refractivity contribution in [2.24, 2.45) is 5.73 Å². The molecule has 0 bridgehead atoms. The Morgan fingerprint density at radius 2 is 1.97 bits per heavy atom. The van der Waals surface area contributed by atoms with Crippen molar-refractivity contribution in [1.29, 1.82) is 5.26 Å². The van der Waals surface area contributed by atoms with E-state index in [2.05, 4.69) is 11.4 Å². The molecule has 1 spiro atoms. The molecule has 1 atom stereocenters. The number of nitriles is 1. The van der Waals surface area contributed by atoms with Crippen molar-refractivity contribution in [3.05, 3.63) is 81.3 Å². The lowest BCUT2D eigenvalue weighted by Crippen LogP contribution is -2.50. The van der Waals surface area contributed by atoms with Gasteiger partial charge >= 0.3 is 0 Å². The van der Waals surface area contributed by atoms with Crippen LogP contribution in [-0.4, -0.2) is 11.7 Å². The van der Waals surface area contributed by atoms with Gasteiger partial charge in [-0.2, -0.15) is 5.26 Å². The van der Waals surface area contributed by atoms with Gasteiger partial charge in [0.05, 0.1) is 5.57 Å². The maximum Gasteiger partial charge on any atom is 0.245 e. The molecular weight excluding hydrogens is 412 g/mol. The smallest absolute Gasteiger partial charge is 0.245 e. The second-order valence-electron chi connectivity index (χ2n) is 7.99. The zero-order valence-corrected chi connectivity index (χ0v) is 17.6. The first-order valence-corrected chi connectivity index (χ1v) is 10.4. The van der Waals surface area contributed by atoms with E-state index in [9.17, 15) is 14.9 Å². The number of nitrogens with two attached hydrogens (primary N) is 1. The summed E-state index contributed by atoms with van der Waals surface area (Å²) in [7, 11) is 0. The van der Waals surface area contributed by atoms with E-state index in [4.69, 9.17) is 17.3 Å². The lowest BCUT2D eigenvalue weighted by Gasteiger charge is -2.43. The SMILES string of the molecule is Cc1ccc(N2C(N)=C(C#N)[C@]3(C(=O)Nc4ccccc43)C3=C2CCCC3=O)cc1Cl. The van der Waals surface area contributed by atoms with Crippen LogP contribution in [0.3, 0.4) is 0 Å². The Balaban J connectivity index is 1.88. The van der Waals surface area contributed by atoms with Crippen molar-refractivity contribution in [1.82, 2.24) is 0 Å². The van der Waals surface area contributed by atoms with Gasteiger partial charge in [-0.25, -0.2) is 0 Å². The topological polar surface area (TPSA) is 99.2 Å². The molecule has 1 aliphatic carbocycles. The van der Waals surface area contributed by atoms with Crippen LogP contribution in [0.2, 0.25) is 5.02 Å². The van der Waals surface area contributed by atoms with Crippen molar-refractivity contribution in [2.45, 2.75) is 31.6 Å². The quantitative estimate of drug-likeness (QED) is 0.710. The Morgan fingerprint density at radius 3 is 2.71 bits per heavy atom. The summed E-state index contributed by atoms with van der Waals surface area (Å²) in [5.41, 5.74) is 8.84. The average Bonchev–Trinajstić information content (AvgIpc) is 3.03. The summed E-state index contributed by atoms with van der Waals surface area (Å²) in [6, 6.07) is 14.8. The minimum atomic E-state index is -1.53. The third-order valence-electron chi connectivity index (χ3n) is 6.35. The largest absolute Gasteiger partial charge is 0.384 e. The number of nitrogens with zero attached hydrogens (tertiary/aromatic N) is 2. The highest BCUT2D eigenvalue weighted by Gasteiger charge is 2.59. The molecular formula is C24H19ClN4O2. The second kappa shape index (κ2) is 6.73. The average molecular weight is 431 g/mol. The fourth-order valence-electron chi connectivity index (χ4n) is 4.96. The van der Waals surface area contributed by atoms with Crippen molar-refractivity contribution >= 4 is 34.7 Å². The molecule has 0 radical (unpaired) electrons. The number of nitrogens with one attached hydrogen (secondary N) is 1. The summed E-state index contributed by atoms with van der Waals surface area (Å²) in [5, 5.41) is 13.6. The van der Waals surface area contributed by atoms with Crippen LogP contribution < -0.4 is 16.0 Å². The number of carbonyl (C=O) groups is 2. The van der Waals surface area contributed by atoms with Crippen LogP contribution in [-0.2, 0) is 15.0 Å². The van der Waals surface area contributed by atoms with E-state index in [1.165, 1.54) is 0 Å². The van der Waals surface area contributed by atoms with Crippen molar-refractivity contribution in [2.75, 3.05) is 10.2 Å². The van der Waals surface area contributed by atoms with Gasteiger partial charge in [0.1, 0.15) is 17.3 Å². The summed E-state index contributed by atoms with van der Waals surface area (Å²) in [4.78, 5) is 28.6. The van der Waals surface area contributed by atoms with Gasteiger partial charge in [-0.1, -0.05) is 35.9 Å². The number of amides is 1. The van der Waals surface area contributed by atoms with Crippen molar-refractivity contribution in [3.8, 4) is 6.07 Å². The number of halogens is 1. The number of carbonyl (C=O) groups excluding carboxylic acids is 2. The summed E-state index contributed by atoms with van der Waals surface area (Å²) in [6.07, 6.45) is 1.52. The van der Waals surface area contributed by atoms with Gasteiger partial charge in [-0.15, -0.1) is 0 Å². The number of hydrogen-bond acceptors (Lipinski definition) is 5. The first-order chi connectivity index (χ1) is 14.9. The zero-order chi connectivity index (χ0) is 21.9. The molecule has 2 aliphatic heterocycles. The van der Waals surface area contributed by atoms with Gasteiger partial charge in [-0.3, -0.25) is 14.5 Å². The number of fused-ring (bicyclic) bond motifs is 3. The summed E-state index contributed by atoms with van der Waals surface area (Å²) in [5.74, 6) is -0.420. The first-order valence-electron chi connectivity index (χ1n) is 10.1. The molecule has 0 aromatic heterocycles. The van der Waals surface area contributed by atoms with Gasteiger partial charge < -0.3 is 11.1 Å². The molecule has 2 aromatic rings. The molecule has 2 heterocycles. The Hall–Kier alpha value is -3.56. The fourth-order valence-corrected chi connectivity index (χ4v) is 5.14. The van der Waals surface area contributed by atoms with Gasteiger partial charge in [0.2, 0.25) is 5.91 Å². The van der Waals surface area contributed by atoms with E-state index in [-0.39, 0.29) is 17.2 Å². The van der Waals surface area contributed by atoms with E-state index in [1.54, 1.807) is 35.2 Å².